The summed E-state index contributed by atoms with van der Waals surface area (Å²) in [4.78, 5) is 19.3. The van der Waals surface area contributed by atoms with Crippen LogP contribution in [0.15, 0.2) is 23.0 Å². The van der Waals surface area contributed by atoms with Crippen LogP contribution in [0.5, 0.6) is 0 Å². The first-order chi connectivity index (χ1) is 13.5. The van der Waals surface area contributed by atoms with Crippen LogP contribution < -0.4 is 5.56 Å². The zero-order valence-corrected chi connectivity index (χ0v) is 15.6. The number of hydrogen-bond acceptors (Lipinski definition) is 4. The Hall–Kier alpha value is -2.75. The Bertz CT molecular complexity index is 1160. The van der Waals surface area contributed by atoms with Crippen molar-refractivity contribution in [2.75, 3.05) is 0 Å². The van der Waals surface area contributed by atoms with Crippen LogP contribution in [0.3, 0.4) is 0 Å². The van der Waals surface area contributed by atoms with E-state index in [-0.39, 0.29) is 16.7 Å². The second-order valence-electron chi connectivity index (χ2n) is 7.69. The van der Waals surface area contributed by atoms with E-state index in [2.05, 4.69) is 15.1 Å². The van der Waals surface area contributed by atoms with Crippen LogP contribution in [-0.4, -0.2) is 24.9 Å². The number of aryl methyl sites for hydroxylation is 1. The van der Waals surface area contributed by atoms with Crippen LogP contribution in [0.4, 0.5) is 17.6 Å². The molecule has 1 unspecified atom stereocenters. The lowest BCUT2D eigenvalue weighted by Gasteiger charge is -2.25. The first-order valence-electron chi connectivity index (χ1n) is 9.00. The van der Waals surface area contributed by atoms with Crippen molar-refractivity contribution < 1.29 is 22.7 Å². The quantitative estimate of drug-likeness (QED) is 0.646. The van der Waals surface area contributed by atoms with E-state index < -0.39 is 41.2 Å². The van der Waals surface area contributed by atoms with Gasteiger partial charge in [-0.2, -0.15) is 18.3 Å². The molecule has 2 aromatic heterocycles. The molecule has 1 aliphatic rings. The Labute approximate surface area is 162 Å². The van der Waals surface area contributed by atoms with Crippen LogP contribution in [0, 0.1) is 18.2 Å². The molecule has 0 radical (unpaired) electrons. The van der Waals surface area contributed by atoms with Crippen molar-refractivity contribution in [1.82, 2.24) is 19.7 Å². The van der Waals surface area contributed by atoms with Crippen LogP contribution in [0.25, 0.3) is 11.0 Å². The molecule has 3 aromatic rings. The smallest absolute Gasteiger partial charge is 0.390 e. The lowest BCUT2D eigenvalue weighted by Crippen LogP contribution is -2.23. The maximum atomic E-state index is 14.3. The molecule has 1 aliphatic carbocycles. The van der Waals surface area contributed by atoms with Gasteiger partial charge in [0.25, 0.3) is 5.56 Å². The second kappa shape index (κ2) is 6.38. The van der Waals surface area contributed by atoms with Gasteiger partial charge in [-0.1, -0.05) is 13.0 Å². The Morgan fingerprint density at radius 2 is 2.03 bits per heavy atom. The van der Waals surface area contributed by atoms with Crippen molar-refractivity contribution in [2.24, 2.45) is 5.41 Å². The van der Waals surface area contributed by atoms with Crippen molar-refractivity contribution in [2.45, 2.75) is 45.5 Å². The minimum Gasteiger partial charge on any atom is -0.390 e. The fourth-order valence-corrected chi connectivity index (χ4v) is 3.76. The highest BCUT2D eigenvalue weighted by Crippen LogP contribution is 2.56. The number of aliphatic hydroxyl groups excluding tert-OH is 1. The standard InChI is InChI=1S/C19H18F4N4O2/c1-9-24-16-14(17(29)25-9)13(8-28)26-27(16)15(18(2)5-6-18)10-3-4-11(12(20)7-10)19(21,22)23/h3-4,7,15,28H,5-6,8H2,1-2H3,(H,24,25,29). The minimum absolute atomic E-state index is 0.107. The van der Waals surface area contributed by atoms with Gasteiger partial charge in [-0.15, -0.1) is 0 Å². The van der Waals surface area contributed by atoms with Crippen molar-refractivity contribution in [3.05, 3.63) is 57.0 Å². The average Bonchev–Trinajstić information content (AvgIpc) is 3.24. The fourth-order valence-electron chi connectivity index (χ4n) is 3.76. The molecule has 0 aliphatic heterocycles. The number of aromatic amines is 1. The number of aromatic nitrogens is 4. The maximum Gasteiger partial charge on any atom is 0.419 e. The molecule has 1 atom stereocenters. The lowest BCUT2D eigenvalue weighted by molar-refractivity contribution is -0.140. The predicted molar refractivity (Wildman–Crippen MR) is 95.7 cm³/mol. The molecule has 2 heterocycles. The van der Waals surface area contributed by atoms with E-state index >= 15 is 0 Å². The first-order valence-corrected chi connectivity index (χ1v) is 9.00. The minimum atomic E-state index is -4.80. The molecule has 154 valence electrons. The summed E-state index contributed by atoms with van der Waals surface area (Å²) in [5.41, 5.74) is -1.60. The van der Waals surface area contributed by atoms with Crippen molar-refractivity contribution in [3.8, 4) is 0 Å². The Morgan fingerprint density at radius 1 is 1.34 bits per heavy atom. The lowest BCUT2D eigenvalue weighted by atomic mass is 9.91. The second-order valence-corrected chi connectivity index (χ2v) is 7.69. The number of halogens is 4. The van der Waals surface area contributed by atoms with Gasteiger partial charge in [-0.3, -0.25) is 4.79 Å². The summed E-state index contributed by atoms with van der Waals surface area (Å²) in [5, 5.41) is 14.1. The number of nitrogens with zero attached hydrogens (tertiary/aromatic N) is 3. The summed E-state index contributed by atoms with van der Waals surface area (Å²) in [7, 11) is 0. The van der Waals surface area contributed by atoms with Crippen LogP contribution in [0.1, 0.15) is 48.5 Å². The number of aliphatic hydroxyl groups is 1. The van der Waals surface area contributed by atoms with E-state index in [0.29, 0.717) is 17.5 Å². The Morgan fingerprint density at radius 3 is 2.59 bits per heavy atom. The normalized spacial score (nSPS) is 16.9. The number of H-pyrrole nitrogens is 1. The first kappa shape index (κ1) is 19.6. The number of alkyl halides is 3. The molecule has 4 rings (SSSR count). The predicted octanol–water partition coefficient (Wildman–Crippen LogP) is 3.47. The molecule has 10 heteroatoms. The van der Waals surface area contributed by atoms with Crippen molar-refractivity contribution in [1.29, 1.82) is 0 Å². The van der Waals surface area contributed by atoms with Gasteiger partial charge in [0.15, 0.2) is 5.65 Å². The number of nitrogens with one attached hydrogen (secondary N) is 1. The van der Waals surface area contributed by atoms with E-state index in [9.17, 15) is 27.5 Å². The Balaban J connectivity index is 1.95. The molecule has 1 fully saturated rings. The van der Waals surface area contributed by atoms with Gasteiger partial charge in [-0.25, -0.2) is 14.1 Å². The number of fused-ring (bicyclic) bond motifs is 1. The molecule has 0 saturated heterocycles. The largest absolute Gasteiger partial charge is 0.419 e. The fraction of sp³-hybridized carbons (Fsp3) is 0.421. The van der Waals surface area contributed by atoms with Gasteiger partial charge in [-0.05, 0) is 42.9 Å². The molecular formula is C19H18F4N4O2. The highest BCUT2D eigenvalue weighted by atomic mass is 19.4. The Kier molecular flexibility index (Phi) is 4.30. The summed E-state index contributed by atoms with van der Waals surface area (Å²) < 4.78 is 54.6. The summed E-state index contributed by atoms with van der Waals surface area (Å²) in [6.07, 6.45) is -3.30. The molecule has 29 heavy (non-hydrogen) atoms. The van der Waals surface area contributed by atoms with Crippen LogP contribution in [0.2, 0.25) is 0 Å². The van der Waals surface area contributed by atoms with E-state index in [0.717, 1.165) is 18.9 Å². The summed E-state index contributed by atoms with van der Waals surface area (Å²) in [6, 6.07) is 2.17. The zero-order chi connectivity index (χ0) is 21.1. The van der Waals surface area contributed by atoms with E-state index in [1.54, 1.807) is 6.92 Å². The number of hydrogen-bond donors (Lipinski definition) is 2. The third-order valence-electron chi connectivity index (χ3n) is 5.46. The molecule has 1 aromatic carbocycles. The summed E-state index contributed by atoms with van der Waals surface area (Å²) in [6.45, 7) is 2.99. The third-order valence-corrected chi connectivity index (χ3v) is 5.46. The molecule has 0 bridgehead atoms. The highest BCUT2D eigenvalue weighted by molar-refractivity contribution is 5.77. The molecule has 0 spiro atoms. The van der Waals surface area contributed by atoms with Crippen molar-refractivity contribution in [3.63, 3.8) is 0 Å². The number of benzene rings is 1. The van der Waals surface area contributed by atoms with Gasteiger partial charge in [0.2, 0.25) is 0 Å². The molecule has 6 nitrogen and oxygen atoms in total. The molecular weight excluding hydrogens is 392 g/mol. The van der Waals surface area contributed by atoms with Gasteiger partial charge >= 0.3 is 6.18 Å². The van der Waals surface area contributed by atoms with Gasteiger partial charge in [0.05, 0.1) is 18.2 Å². The van der Waals surface area contributed by atoms with E-state index in [4.69, 9.17) is 0 Å². The monoisotopic (exact) mass is 410 g/mol. The van der Waals surface area contributed by atoms with Crippen molar-refractivity contribution >= 4 is 11.0 Å². The third kappa shape index (κ3) is 3.21. The van der Waals surface area contributed by atoms with E-state index in [1.807, 2.05) is 6.92 Å². The zero-order valence-electron chi connectivity index (χ0n) is 15.6. The van der Waals surface area contributed by atoms with Crippen LogP contribution >= 0.6 is 0 Å². The molecule has 2 N–H and O–H groups in total. The molecule has 1 saturated carbocycles. The maximum absolute atomic E-state index is 14.3. The molecule has 0 amide bonds. The van der Waals surface area contributed by atoms with Gasteiger partial charge in [0.1, 0.15) is 22.7 Å². The topological polar surface area (TPSA) is 83.8 Å². The summed E-state index contributed by atoms with van der Waals surface area (Å²) in [5.74, 6) is -1.04. The average molecular weight is 410 g/mol. The van der Waals surface area contributed by atoms with E-state index in [1.165, 1.54) is 10.7 Å². The van der Waals surface area contributed by atoms with Crippen LogP contribution in [-0.2, 0) is 12.8 Å². The SMILES string of the molecule is Cc1nc2c(c(CO)nn2C(c2ccc(C(F)(F)F)c(F)c2)C2(C)CC2)c(=O)[nH]1. The summed E-state index contributed by atoms with van der Waals surface area (Å²) >= 11 is 0. The number of rotatable bonds is 4. The van der Waals surface area contributed by atoms with Gasteiger partial charge < -0.3 is 10.1 Å². The highest BCUT2D eigenvalue weighted by Gasteiger charge is 2.48. The van der Waals surface area contributed by atoms with Gasteiger partial charge in [0, 0.05) is 0 Å².